The summed E-state index contributed by atoms with van der Waals surface area (Å²) in [5.41, 5.74) is 0.863. The Balaban J connectivity index is 2.83. The molecule has 0 aliphatic carbocycles. The molecule has 2 rings (SSSR count). The van der Waals surface area contributed by atoms with Gasteiger partial charge in [-0.25, -0.2) is 4.98 Å². The predicted molar refractivity (Wildman–Crippen MR) is 45.6 cm³/mol. The Morgan fingerprint density at radius 1 is 1.50 bits per heavy atom. The Morgan fingerprint density at radius 3 is 3.08 bits per heavy atom. The molecule has 0 radical (unpaired) electrons. The third-order valence-corrected chi connectivity index (χ3v) is 1.85. The van der Waals surface area contributed by atoms with Crippen LogP contribution in [0.2, 0.25) is 5.02 Å². The van der Waals surface area contributed by atoms with Gasteiger partial charge in [-0.2, -0.15) is 0 Å². The quantitative estimate of drug-likeness (QED) is 0.628. The lowest BCUT2D eigenvalue weighted by Crippen LogP contribution is -1.90. The number of pyridine rings is 1. The van der Waals surface area contributed by atoms with E-state index in [1.165, 1.54) is 0 Å². The van der Waals surface area contributed by atoms with Gasteiger partial charge in [-0.3, -0.25) is 9.20 Å². The number of carbonyl (C=O) groups excluding carboxylic acids is 1. The maximum absolute atomic E-state index is 10.5. The molecular weight excluding hydrogens is 176 g/mol. The molecule has 0 bridgehead atoms. The molecule has 2 aromatic heterocycles. The summed E-state index contributed by atoms with van der Waals surface area (Å²) in [6.45, 7) is 0. The molecule has 0 amide bonds. The lowest BCUT2D eigenvalue weighted by atomic mass is 10.4. The smallest absolute Gasteiger partial charge is 0.185 e. The van der Waals surface area contributed by atoms with Crippen molar-refractivity contribution in [2.24, 2.45) is 0 Å². The Labute approximate surface area is 73.6 Å². The van der Waals surface area contributed by atoms with Crippen molar-refractivity contribution < 1.29 is 4.79 Å². The molecule has 0 N–H and O–H groups in total. The fraction of sp³-hybridized carbons (Fsp3) is 0. The molecule has 0 fully saturated rings. The van der Waals surface area contributed by atoms with Gasteiger partial charge in [-0.05, 0) is 12.1 Å². The van der Waals surface area contributed by atoms with Crippen molar-refractivity contribution in [1.29, 1.82) is 0 Å². The molecule has 0 aliphatic rings. The van der Waals surface area contributed by atoms with Crippen LogP contribution in [0.25, 0.3) is 5.52 Å². The molecule has 0 saturated heterocycles. The van der Waals surface area contributed by atoms with Crippen LogP contribution in [0, 0.1) is 0 Å². The van der Waals surface area contributed by atoms with Crippen molar-refractivity contribution in [3.05, 3.63) is 35.4 Å². The highest BCUT2D eigenvalue weighted by Crippen LogP contribution is 2.11. The van der Waals surface area contributed by atoms with Crippen LogP contribution in [-0.4, -0.2) is 15.7 Å². The van der Waals surface area contributed by atoms with Crippen LogP contribution in [0.3, 0.4) is 0 Å². The molecule has 2 aromatic rings. The highest BCUT2D eigenvalue weighted by atomic mass is 35.5. The first-order valence-electron chi connectivity index (χ1n) is 3.39. The minimum absolute atomic E-state index is 0.368. The van der Waals surface area contributed by atoms with Crippen LogP contribution in [0.4, 0.5) is 0 Å². The number of carbonyl (C=O) groups is 1. The molecule has 60 valence electrons. The van der Waals surface area contributed by atoms with Crippen LogP contribution in [0.1, 0.15) is 10.6 Å². The van der Waals surface area contributed by atoms with Gasteiger partial charge in [0.2, 0.25) is 0 Å². The predicted octanol–water partition coefficient (Wildman–Crippen LogP) is 1.80. The number of halogens is 1. The van der Waals surface area contributed by atoms with E-state index in [0.29, 0.717) is 17.1 Å². The van der Waals surface area contributed by atoms with Crippen molar-refractivity contribution in [2.75, 3.05) is 0 Å². The van der Waals surface area contributed by atoms with Gasteiger partial charge in [0.15, 0.2) is 12.1 Å². The van der Waals surface area contributed by atoms with Gasteiger partial charge in [0.1, 0.15) is 0 Å². The maximum Gasteiger partial charge on any atom is 0.185 e. The SMILES string of the molecule is O=Cc1ncc2ccc(Cl)cn12. The van der Waals surface area contributed by atoms with Crippen molar-refractivity contribution in [2.45, 2.75) is 0 Å². The summed E-state index contributed by atoms with van der Waals surface area (Å²) in [4.78, 5) is 14.4. The van der Waals surface area contributed by atoms with E-state index < -0.39 is 0 Å². The number of imidazole rings is 1. The summed E-state index contributed by atoms with van der Waals surface area (Å²) in [6.07, 6.45) is 3.98. The Morgan fingerprint density at radius 2 is 2.33 bits per heavy atom. The lowest BCUT2D eigenvalue weighted by Gasteiger charge is -1.94. The van der Waals surface area contributed by atoms with Crippen molar-refractivity contribution >= 4 is 23.4 Å². The molecule has 0 aliphatic heterocycles. The molecule has 0 spiro atoms. The molecule has 4 heteroatoms. The first-order chi connectivity index (χ1) is 5.81. The molecule has 0 saturated carbocycles. The topological polar surface area (TPSA) is 34.4 Å². The van der Waals surface area contributed by atoms with Gasteiger partial charge < -0.3 is 0 Å². The highest BCUT2D eigenvalue weighted by molar-refractivity contribution is 6.30. The molecule has 12 heavy (non-hydrogen) atoms. The summed E-state index contributed by atoms with van der Waals surface area (Å²) in [5.74, 6) is 0.368. The van der Waals surface area contributed by atoms with Gasteiger partial charge in [-0.15, -0.1) is 0 Å². The minimum Gasteiger partial charge on any atom is -0.296 e. The third kappa shape index (κ3) is 0.987. The fourth-order valence-corrected chi connectivity index (χ4v) is 1.23. The summed E-state index contributed by atoms with van der Waals surface area (Å²) in [6, 6.07) is 3.56. The molecular formula is C8H5ClN2O. The Hall–Kier alpha value is -1.35. The second-order valence-corrected chi connectivity index (χ2v) is 2.81. The van der Waals surface area contributed by atoms with E-state index in [-0.39, 0.29) is 0 Å². The van der Waals surface area contributed by atoms with E-state index in [9.17, 15) is 4.79 Å². The number of aldehydes is 1. The van der Waals surface area contributed by atoms with Gasteiger partial charge >= 0.3 is 0 Å². The van der Waals surface area contributed by atoms with Gasteiger partial charge in [0, 0.05) is 6.20 Å². The van der Waals surface area contributed by atoms with Crippen LogP contribution in [0.15, 0.2) is 24.5 Å². The molecule has 0 aromatic carbocycles. The highest BCUT2D eigenvalue weighted by Gasteiger charge is 2.00. The number of nitrogens with zero attached hydrogens (tertiary/aromatic N) is 2. The van der Waals surface area contributed by atoms with Crippen molar-refractivity contribution in [1.82, 2.24) is 9.38 Å². The summed E-state index contributed by atoms with van der Waals surface area (Å²) in [7, 11) is 0. The summed E-state index contributed by atoms with van der Waals surface area (Å²) < 4.78 is 1.65. The van der Waals surface area contributed by atoms with Gasteiger partial charge in [-0.1, -0.05) is 11.6 Å². The zero-order valence-corrected chi connectivity index (χ0v) is 6.82. The third-order valence-electron chi connectivity index (χ3n) is 1.63. The molecule has 0 atom stereocenters. The number of aromatic nitrogens is 2. The maximum atomic E-state index is 10.5. The largest absolute Gasteiger partial charge is 0.296 e. The zero-order chi connectivity index (χ0) is 8.55. The standard InChI is InChI=1S/C8H5ClN2O/c9-6-1-2-7-3-10-8(5-12)11(7)4-6/h1-5H. The molecule has 3 nitrogen and oxygen atoms in total. The Kier molecular flexibility index (Phi) is 1.59. The lowest BCUT2D eigenvalue weighted by molar-refractivity contribution is 0.111. The van der Waals surface area contributed by atoms with E-state index in [2.05, 4.69) is 4.98 Å². The monoisotopic (exact) mass is 180 g/mol. The van der Waals surface area contributed by atoms with Crippen molar-refractivity contribution in [3.63, 3.8) is 0 Å². The van der Waals surface area contributed by atoms with Gasteiger partial charge in [0.25, 0.3) is 0 Å². The Bertz CT molecular complexity index is 436. The number of hydrogen-bond donors (Lipinski definition) is 0. The summed E-state index contributed by atoms with van der Waals surface area (Å²) >= 11 is 5.74. The second kappa shape index (κ2) is 2.60. The molecule has 0 unspecified atom stereocenters. The number of hydrogen-bond acceptors (Lipinski definition) is 2. The van der Waals surface area contributed by atoms with Crippen LogP contribution in [0.5, 0.6) is 0 Å². The number of fused-ring (bicyclic) bond motifs is 1. The van der Waals surface area contributed by atoms with E-state index in [4.69, 9.17) is 11.6 Å². The zero-order valence-electron chi connectivity index (χ0n) is 6.07. The van der Waals surface area contributed by atoms with E-state index in [0.717, 1.165) is 5.52 Å². The van der Waals surface area contributed by atoms with Crippen LogP contribution < -0.4 is 0 Å². The second-order valence-electron chi connectivity index (χ2n) is 2.38. The first-order valence-corrected chi connectivity index (χ1v) is 3.77. The van der Waals surface area contributed by atoms with Crippen molar-refractivity contribution in [3.8, 4) is 0 Å². The normalized spacial score (nSPS) is 10.4. The first kappa shape index (κ1) is 7.31. The fourth-order valence-electron chi connectivity index (χ4n) is 1.07. The minimum atomic E-state index is 0.368. The van der Waals surface area contributed by atoms with E-state index in [1.54, 1.807) is 22.9 Å². The average molecular weight is 181 g/mol. The van der Waals surface area contributed by atoms with Crippen LogP contribution >= 0.6 is 11.6 Å². The summed E-state index contributed by atoms with van der Waals surface area (Å²) in [5, 5.41) is 0.587. The van der Waals surface area contributed by atoms with E-state index >= 15 is 0 Å². The molecule has 2 heterocycles. The number of rotatable bonds is 1. The average Bonchev–Trinajstić information content (AvgIpc) is 2.46. The van der Waals surface area contributed by atoms with E-state index in [1.807, 2.05) is 6.07 Å². The van der Waals surface area contributed by atoms with Gasteiger partial charge in [0.05, 0.1) is 16.7 Å². The van der Waals surface area contributed by atoms with Crippen LogP contribution in [-0.2, 0) is 0 Å².